The van der Waals surface area contributed by atoms with Gasteiger partial charge in [-0.25, -0.2) is 0 Å². The summed E-state index contributed by atoms with van der Waals surface area (Å²) in [7, 11) is 4.11. The molecule has 1 rings (SSSR count). The first-order chi connectivity index (χ1) is 10.0. The van der Waals surface area contributed by atoms with Gasteiger partial charge in [0, 0.05) is 13.1 Å². The highest BCUT2D eigenvalue weighted by atomic mass is 32.2. The second-order valence-corrected chi connectivity index (χ2v) is 6.63. The van der Waals surface area contributed by atoms with E-state index in [9.17, 15) is 4.79 Å². The molecule has 0 saturated carbocycles. The zero-order chi connectivity index (χ0) is 15.8. The maximum Gasteiger partial charge on any atom is 0.263 e. The van der Waals surface area contributed by atoms with Crippen LogP contribution in [0.2, 0.25) is 0 Å². The number of thiophene rings is 1. The third-order valence-electron chi connectivity index (χ3n) is 2.78. The second kappa shape index (κ2) is 8.96. The Morgan fingerprint density at radius 2 is 2.24 bits per heavy atom. The molecule has 4 N–H and O–H groups in total. The molecule has 1 aromatic rings. The van der Waals surface area contributed by atoms with Gasteiger partial charge in [0.15, 0.2) is 0 Å². The molecular formula is C14H24N4OS2. The summed E-state index contributed by atoms with van der Waals surface area (Å²) in [5, 5.41) is 7.12. The fraction of sp³-hybridized carbons (Fsp3) is 0.500. The lowest BCUT2D eigenvalue weighted by Gasteiger charge is -2.10. The molecule has 0 aliphatic carbocycles. The van der Waals surface area contributed by atoms with E-state index in [1.54, 1.807) is 17.8 Å². The Morgan fingerprint density at radius 3 is 2.81 bits per heavy atom. The minimum Gasteiger partial charge on any atom is -0.396 e. The van der Waals surface area contributed by atoms with E-state index in [1.165, 1.54) is 11.3 Å². The van der Waals surface area contributed by atoms with Crippen molar-refractivity contribution >= 4 is 39.7 Å². The van der Waals surface area contributed by atoms with E-state index in [2.05, 4.69) is 36.2 Å². The number of carbonyl (C=O) groups is 1. The van der Waals surface area contributed by atoms with Gasteiger partial charge in [0.05, 0.1) is 10.6 Å². The number of carbonyl (C=O) groups excluding carboxylic acids is 1. The maximum atomic E-state index is 12.1. The van der Waals surface area contributed by atoms with Gasteiger partial charge in [0.2, 0.25) is 0 Å². The molecule has 0 atom stereocenters. The zero-order valence-corrected chi connectivity index (χ0v) is 14.5. The van der Waals surface area contributed by atoms with E-state index < -0.39 is 0 Å². The summed E-state index contributed by atoms with van der Waals surface area (Å²) in [6.45, 7) is 5.91. The predicted molar refractivity (Wildman–Crippen MR) is 94.7 cm³/mol. The molecule has 0 radical (unpaired) electrons. The summed E-state index contributed by atoms with van der Waals surface area (Å²) in [6.07, 6.45) is 4.66. The number of hydrogen-bond acceptors (Lipinski definition) is 6. The Balaban J connectivity index is 2.75. The van der Waals surface area contributed by atoms with Crippen LogP contribution >= 0.6 is 23.1 Å². The highest BCUT2D eigenvalue weighted by Gasteiger charge is 2.20. The number of amides is 1. The zero-order valence-electron chi connectivity index (χ0n) is 12.9. The highest BCUT2D eigenvalue weighted by Crippen LogP contribution is 2.41. The van der Waals surface area contributed by atoms with Crippen LogP contribution in [-0.4, -0.2) is 50.8 Å². The van der Waals surface area contributed by atoms with Crippen LogP contribution in [0, 0.1) is 0 Å². The molecular weight excluding hydrogens is 304 g/mol. The number of hydrogen-bond donors (Lipinski definition) is 3. The van der Waals surface area contributed by atoms with E-state index in [4.69, 9.17) is 5.73 Å². The van der Waals surface area contributed by atoms with Crippen molar-refractivity contribution < 1.29 is 4.79 Å². The number of rotatable bonds is 9. The summed E-state index contributed by atoms with van der Waals surface area (Å²) in [5.41, 5.74) is 6.65. The van der Waals surface area contributed by atoms with Gasteiger partial charge in [-0.3, -0.25) is 4.79 Å². The van der Waals surface area contributed by atoms with Gasteiger partial charge >= 0.3 is 0 Å². The molecule has 0 bridgehead atoms. The van der Waals surface area contributed by atoms with Crippen molar-refractivity contribution in [2.75, 3.05) is 51.0 Å². The smallest absolute Gasteiger partial charge is 0.263 e. The number of nitrogens with one attached hydrogen (secondary N) is 2. The van der Waals surface area contributed by atoms with Crippen molar-refractivity contribution in [1.29, 1.82) is 0 Å². The van der Waals surface area contributed by atoms with E-state index in [1.807, 2.05) is 6.26 Å². The second-order valence-electron chi connectivity index (χ2n) is 4.79. The third kappa shape index (κ3) is 5.26. The summed E-state index contributed by atoms with van der Waals surface area (Å²) in [4.78, 5) is 15.7. The molecule has 0 unspecified atom stereocenters. The molecule has 1 amide bonds. The van der Waals surface area contributed by atoms with Crippen molar-refractivity contribution in [2.45, 2.75) is 11.3 Å². The molecule has 118 valence electrons. The fourth-order valence-corrected chi connectivity index (χ4v) is 3.74. The van der Waals surface area contributed by atoms with Gasteiger partial charge in [-0.2, -0.15) is 0 Å². The van der Waals surface area contributed by atoms with Crippen LogP contribution < -0.4 is 16.4 Å². The Morgan fingerprint density at radius 1 is 1.52 bits per heavy atom. The molecule has 0 saturated heterocycles. The SMILES string of the molecule is C=CCNC(=O)c1sc(NCCCN(C)C)c(SC)c1N. The molecule has 0 aliphatic heterocycles. The molecule has 0 aromatic carbocycles. The Hall–Kier alpha value is -1.18. The van der Waals surface area contributed by atoms with Crippen LogP contribution in [0.15, 0.2) is 17.6 Å². The van der Waals surface area contributed by atoms with Gasteiger partial charge in [-0.15, -0.1) is 29.7 Å². The monoisotopic (exact) mass is 328 g/mol. The van der Waals surface area contributed by atoms with Gasteiger partial charge in [-0.05, 0) is 33.3 Å². The number of nitrogens with zero attached hydrogens (tertiary/aromatic N) is 1. The average molecular weight is 329 g/mol. The van der Waals surface area contributed by atoms with Gasteiger partial charge < -0.3 is 21.3 Å². The van der Waals surface area contributed by atoms with Gasteiger partial charge in [0.1, 0.15) is 9.88 Å². The highest BCUT2D eigenvalue weighted by molar-refractivity contribution is 7.99. The van der Waals surface area contributed by atoms with E-state index in [0.29, 0.717) is 17.1 Å². The number of nitrogen functional groups attached to an aromatic ring is 1. The van der Waals surface area contributed by atoms with Crippen molar-refractivity contribution in [1.82, 2.24) is 10.2 Å². The number of thioether (sulfide) groups is 1. The van der Waals surface area contributed by atoms with Crippen molar-refractivity contribution in [3.63, 3.8) is 0 Å². The van der Waals surface area contributed by atoms with Crippen LogP contribution in [0.1, 0.15) is 16.1 Å². The van der Waals surface area contributed by atoms with Crippen LogP contribution in [0.3, 0.4) is 0 Å². The minimum absolute atomic E-state index is 0.144. The summed E-state index contributed by atoms with van der Waals surface area (Å²) >= 11 is 2.97. The normalized spacial score (nSPS) is 10.7. The predicted octanol–water partition coefficient (Wildman–Crippen LogP) is 2.33. The molecule has 0 spiro atoms. The molecule has 5 nitrogen and oxygen atoms in total. The first-order valence-electron chi connectivity index (χ1n) is 6.75. The standard InChI is InChI=1S/C14H24N4OS2/c1-5-7-16-13(19)11-10(15)12(20-4)14(21-11)17-8-6-9-18(2)3/h5,17H,1,6-9,15H2,2-4H3,(H,16,19). The van der Waals surface area contributed by atoms with E-state index >= 15 is 0 Å². The van der Waals surface area contributed by atoms with Gasteiger partial charge in [-0.1, -0.05) is 6.08 Å². The Bertz CT molecular complexity index is 486. The van der Waals surface area contributed by atoms with Crippen molar-refractivity contribution in [3.8, 4) is 0 Å². The number of anilines is 2. The third-order valence-corrected chi connectivity index (χ3v) is 4.91. The molecule has 0 fully saturated rings. The average Bonchev–Trinajstić information content (AvgIpc) is 2.77. The Labute approximate surface area is 135 Å². The Kier molecular flexibility index (Phi) is 7.63. The van der Waals surface area contributed by atoms with Crippen LogP contribution in [-0.2, 0) is 0 Å². The van der Waals surface area contributed by atoms with Crippen LogP contribution in [0.4, 0.5) is 10.7 Å². The fourth-order valence-electron chi connectivity index (χ4n) is 1.76. The first-order valence-corrected chi connectivity index (χ1v) is 8.79. The van der Waals surface area contributed by atoms with Crippen LogP contribution in [0.5, 0.6) is 0 Å². The van der Waals surface area contributed by atoms with Crippen molar-refractivity contribution in [3.05, 3.63) is 17.5 Å². The maximum absolute atomic E-state index is 12.1. The summed E-state index contributed by atoms with van der Waals surface area (Å²) in [5.74, 6) is -0.144. The lowest BCUT2D eigenvalue weighted by Crippen LogP contribution is -2.23. The largest absolute Gasteiger partial charge is 0.396 e. The van der Waals surface area contributed by atoms with Crippen molar-refractivity contribution in [2.24, 2.45) is 0 Å². The first kappa shape index (κ1) is 17.9. The molecule has 0 aliphatic rings. The molecule has 7 heteroatoms. The molecule has 21 heavy (non-hydrogen) atoms. The molecule has 1 heterocycles. The molecule has 1 aromatic heterocycles. The number of nitrogens with two attached hydrogens (primary N) is 1. The van der Waals surface area contributed by atoms with Gasteiger partial charge in [0.25, 0.3) is 5.91 Å². The van der Waals surface area contributed by atoms with E-state index in [0.717, 1.165) is 29.4 Å². The summed E-state index contributed by atoms with van der Waals surface area (Å²) < 4.78 is 0. The summed E-state index contributed by atoms with van der Waals surface area (Å²) in [6, 6.07) is 0. The lowest BCUT2D eigenvalue weighted by molar-refractivity contribution is 0.0963. The van der Waals surface area contributed by atoms with E-state index in [-0.39, 0.29) is 5.91 Å². The lowest BCUT2D eigenvalue weighted by atomic mass is 10.3. The minimum atomic E-state index is -0.144. The topological polar surface area (TPSA) is 70.4 Å². The van der Waals surface area contributed by atoms with Crippen LogP contribution in [0.25, 0.3) is 0 Å². The quantitative estimate of drug-likeness (QED) is 0.369.